The van der Waals surface area contributed by atoms with Gasteiger partial charge in [0.05, 0.1) is 10.7 Å². The van der Waals surface area contributed by atoms with Crippen LogP contribution in [0, 0.1) is 0 Å². The van der Waals surface area contributed by atoms with Gasteiger partial charge in [0.25, 0.3) is 0 Å². The van der Waals surface area contributed by atoms with Gasteiger partial charge in [-0.15, -0.1) is 0 Å². The van der Waals surface area contributed by atoms with Crippen LogP contribution < -0.4 is 5.73 Å². The standard InChI is InChI=1S/C12H19ClN2/c1-2-3-4-5-8-11(14)12-10(13)7-6-9-15-12/h6-7,9,11H,2-5,8,14H2,1H3. The average Bonchev–Trinajstić information content (AvgIpc) is 2.25. The summed E-state index contributed by atoms with van der Waals surface area (Å²) in [4.78, 5) is 4.22. The molecule has 0 saturated carbocycles. The van der Waals surface area contributed by atoms with Gasteiger partial charge < -0.3 is 5.73 Å². The van der Waals surface area contributed by atoms with Crippen molar-refractivity contribution < 1.29 is 0 Å². The third-order valence-electron chi connectivity index (χ3n) is 2.51. The van der Waals surface area contributed by atoms with Gasteiger partial charge in [-0.05, 0) is 18.6 Å². The number of nitrogens with zero attached hydrogens (tertiary/aromatic N) is 1. The van der Waals surface area contributed by atoms with Gasteiger partial charge in [0.15, 0.2) is 0 Å². The number of pyridine rings is 1. The summed E-state index contributed by atoms with van der Waals surface area (Å²) in [7, 11) is 0. The zero-order valence-corrected chi connectivity index (χ0v) is 10.0. The van der Waals surface area contributed by atoms with E-state index in [9.17, 15) is 0 Å². The van der Waals surface area contributed by atoms with E-state index in [1.807, 2.05) is 12.1 Å². The second kappa shape index (κ2) is 6.81. The number of nitrogens with two attached hydrogens (primary N) is 1. The lowest BCUT2D eigenvalue weighted by atomic mass is 10.1. The van der Waals surface area contributed by atoms with Crippen LogP contribution in [0.5, 0.6) is 0 Å². The van der Waals surface area contributed by atoms with Crippen LogP contribution in [0.3, 0.4) is 0 Å². The summed E-state index contributed by atoms with van der Waals surface area (Å²) in [6.45, 7) is 2.20. The predicted octanol–water partition coefficient (Wildman–Crippen LogP) is 3.71. The van der Waals surface area contributed by atoms with Gasteiger partial charge in [0.2, 0.25) is 0 Å². The number of unbranched alkanes of at least 4 members (excludes halogenated alkanes) is 3. The van der Waals surface area contributed by atoms with Gasteiger partial charge in [-0.3, -0.25) is 4.98 Å². The zero-order chi connectivity index (χ0) is 11.1. The van der Waals surface area contributed by atoms with E-state index in [1.54, 1.807) is 6.20 Å². The fourth-order valence-corrected chi connectivity index (χ4v) is 1.86. The molecule has 1 aromatic heterocycles. The number of aromatic nitrogens is 1. The zero-order valence-electron chi connectivity index (χ0n) is 9.25. The molecular weight excluding hydrogens is 208 g/mol. The maximum Gasteiger partial charge on any atom is 0.0756 e. The van der Waals surface area contributed by atoms with Crippen molar-refractivity contribution in [2.75, 3.05) is 0 Å². The molecule has 3 heteroatoms. The minimum atomic E-state index is -0.0180. The first-order chi connectivity index (χ1) is 7.25. The average molecular weight is 227 g/mol. The summed E-state index contributed by atoms with van der Waals surface area (Å²) in [6.07, 6.45) is 7.64. The summed E-state index contributed by atoms with van der Waals surface area (Å²) < 4.78 is 0. The molecule has 1 heterocycles. The second-order valence-corrected chi connectivity index (χ2v) is 4.23. The van der Waals surface area contributed by atoms with E-state index in [1.165, 1.54) is 19.3 Å². The van der Waals surface area contributed by atoms with Crippen LogP contribution in [0.1, 0.15) is 50.8 Å². The third kappa shape index (κ3) is 4.18. The lowest BCUT2D eigenvalue weighted by Crippen LogP contribution is -2.12. The Morgan fingerprint density at radius 1 is 1.40 bits per heavy atom. The van der Waals surface area contributed by atoms with E-state index in [-0.39, 0.29) is 6.04 Å². The summed E-state index contributed by atoms with van der Waals surface area (Å²) in [5.41, 5.74) is 6.86. The topological polar surface area (TPSA) is 38.9 Å². The van der Waals surface area contributed by atoms with Gasteiger partial charge in [-0.1, -0.05) is 44.2 Å². The Morgan fingerprint density at radius 2 is 2.20 bits per heavy atom. The number of hydrogen-bond donors (Lipinski definition) is 1. The van der Waals surface area contributed by atoms with Gasteiger partial charge in [-0.2, -0.15) is 0 Å². The summed E-state index contributed by atoms with van der Waals surface area (Å²) in [5, 5.41) is 0.681. The van der Waals surface area contributed by atoms with Gasteiger partial charge in [0.1, 0.15) is 0 Å². The number of halogens is 1. The lowest BCUT2D eigenvalue weighted by Gasteiger charge is -2.11. The molecule has 1 unspecified atom stereocenters. The van der Waals surface area contributed by atoms with Crippen LogP contribution in [0.15, 0.2) is 18.3 Å². The van der Waals surface area contributed by atoms with Crippen molar-refractivity contribution in [1.82, 2.24) is 4.98 Å². The molecule has 0 bridgehead atoms. The van der Waals surface area contributed by atoms with Crippen molar-refractivity contribution in [3.8, 4) is 0 Å². The Kier molecular flexibility index (Phi) is 5.66. The van der Waals surface area contributed by atoms with Crippen LogP contribution in [0.4, 0.5) is 0 Å². The molecule has 1 rings (SSSR count). The van der Waals surface area contributed by atoms with E-state index in [0.29, 0.717) is 5.02 Å². The highest BCUT2D eigenvalue weighted by atomic mass is 35.5. The van der Waals surface area contributed by atoms with Crippen molar-refractivity contribution in [3.63, 3.8) is 0 Å². The van der Waals surface area contributed by atoms with E-state index in [0.717, 1.165) is 18.5 Å². The molecule has 0 aliphatic carbocycles. The smallest absolute Gasteiger partial charge is 0.0756 e. The summed E-state index contributed by atoms with van der Waals surface area (Å²) in [5.74, 6) is 0. The first kappa shape index (κ1) is 12.5. The maximum absolute atomic E-state index is 6.03. The molecule has 0 saturated heterocycles. The van der Waals surface area contributed by atoms with Crippen molar-refractivity contribution >= 4 is 11.6 Å². The van der Waals surface area contributed by atoms with Gasteiger partial charge in [-0.25, -0.2) is 0 Å². The molecule has 1 aromatic rings. The van der Waals surface area contributed by atoms with Crippen LogP contribution >= 0.6 is 11.6 Å². The van der Waals surface area contributed by atoms with Crippen LogP contribution in [0.25, 0.3) is 0 Å². The van der Waals surface area contributed by atoms with Crippen molar-refractivity contribution in [2.45, 2.75) is 45.1 Å². The Balaban J connectivity index is 2.40. The van der Waals surface area contributed by atoms with Crippen molar-refractivity contribution in [2.24, 2.45) is 5.73 Å². The van der Waals surface area contributed by atoms with E-state index in [2.05, 4.69) is 11.9 Å². The van der Waals surface area contributed by atoms with E-state index < -0.39 is 0 Å². The molecular formula is C12H19ClN2. The molecule has 15 heavy (non-hydrogen) atoms. The molecule has 2 nitrogen and oxygen atoms in total. The normalized spacial score (nSPS) is 12.7. The minimum absolute atomic E-state index is 0.0180. The van der Waals surface area contributed by atoms with Crippen LogP contribution in [-0.2, 0) is 0 Å². The first-order valence-electron chi connectivity index (χ1n) is 5.61. The second-order valence-electron chi connectivity index (χ2n) is 3.83. The molecule has 0 radical (unpaired) electrons. The van der Waals surface area contributed by atoms with Gasteiger partial charge >= 0.3 is 0 Å². The fourth-order valence-electron chi connectivity index (χ4n) is 1.60. The Morgan fingerprint density at radius 3 is 2.87 bits per heavy atom. The Labute approximate surface area is 96.8 Å². The van der Waals surface area contributed by atoms with Crippen LogP contribution in [-0.4, -0.2) is 4.98 Å². The summed E-state index contributed by atoms with van der Waals surface area (Å²) >= 11 is 6.02. The molecule has 2 N–H and O–H groups in total. The molecule has 0 amide bonds. The molecule has 0 aliphatic heterocycles. The first-order valence-corrected chi connectivity index (χ1v) is 5.99. The van der Waals surface area contributed by atoms with E-state index >= 15 is 0 Å². The molecule has 0 aromatic carbocycles. The van der Waals surface area contributed by atoms with E-state index in [4.69, 9.17) is 17.3 Å². The quantitative estimate of drug-likeness (QED) is 0.752. The van der Waals surface area contributed by atoms with Crippen LogP contribution in [0.2, 0.25) is 5.02 Å². The Bertz CT molecular complexity index is 289. The number of rotatable bonds is 6. The monoisotopic (exact) mass is 226 g/mol. The molecule has 0 spiro atoms. The maximum atomic E-state index is 6.03. The highest BCUT2D eigenvalue weighted by Gasteiger charge is 2.10. The summed E-state index contributed by atoms with van der Waals surface area (Å²) in [6, 6.07) is 3.65. The van der Waals surface area contributed by atoms with Crippen molar-refractivity contribution in [3.05, 3.63) is 29.0 Å². The molecule has 84 valence electrons. The third-order valence-corrected chi connectivity index (χ3v) is 2.83. The minimum Gasteiger partial charge on any atom is -0.323 e. The Hall–Kier alpha value is -0.600. The largest absolute Gasteiger partial charge is 0.323 e. The predicted molar refractivity (Wildman–Crippen MR) is 64.9 cm³/mol. The SMILES string of the molecule is CCCCCCC(N)c1ncccc1Cl. The highest BCUT2D eigenvalue weighted by Crippen LogP contribution is 2.22. The lowest BCUT2D eigenvalue weighted by molar-refractivity contribution is 0.557. The van der Waals surface area contributed by atoms with Crippen molar-refractivity contribution in [1.29, 1.82) is 0 Å². The highest BCUT2D eigenvalue weighted by molar-refractivity contribution is 6.31. The molecule has 0 fully saturated rings. The molecule has 0 aliphatic rings. The number of hydrogen-bond acceptors (Lipinski definition) is 2. The fraction of sp³-hybridized carbons (Fsp3) is 0.583. The molecule has 1 atom stereocenters. The van der Waals surface area contributed by atoms with Gasteiger partial charge in [0, 0.05) is 12.2 Å².